The molecule has 0 aliphatic heterocycles. The SMILES string of the molecule is C=C/C(=C\C=C/C)[C@@H](C)CN=C(N)N. The van der Waals surface area contributed by atoms with Crippen molar-refractivity contribution >= 4 is 5.96 Å². The van der Waals surface area contributed by atoms with Crippen LogP contribution in [0.3, 0.4) is 0 Å². The normalized spacial score (nSPS) is 14.0. The summed E-state index contributed by atoms with van der Waals surface area (Å²) >= 11 is 0. The zero-order valence-corrected chi connectivity index (χ0v) is 8.90. The summed E-state index contributed by atoms with van der Waals surface area (Å²) < 4.78 is 0. The van der Waals surface area contributed by atoms with Gasteiger partial charge in [0.05, 0.1) is 0 Å². The first-order chi connectivity index (χ1) is 6.61. The Morgan fingerprint density at radius 2 is 2.14 bits per heavy atom. The van der Waals surface area contributed by atoms with Crippen molar-refractivity contribution in [3.63, 3.8) is 0 Å². The Bertz CT molecular complexity index is 258. The van der Waals surface area contributed by atoms with Gasteiger partial charge in [0, 0.05) is 12.5 Å². The first-order valence-corrected chi connectivity index (χ1v) is 4.62. The van der Waals surface area contributed by atoms with Gasteiger partial charge in [0.25, 0.3) is 0 Å². The molecule has 1 atom stereocenters. The van der Waals surface area contributed by atoms with Gasteiger partial charge in [-0.2, -0.15) is 0 Å². The van der Waals surface area contributed by atoms with Gasteiger partial charge in [-0.3, -0.25) is 4.99 Å². The van der Waals surface area contributed by atoms with Gasteiger partial charge in [-0.05, 0) is 12.5 Å². The van der Waals surface area contributed by atoms with Gasteiger partial charge < -0.3 is 11.5 Å². The summed E-state index contributed by atoms with van der Waals surface area (Å²) in [5.41, 5.74) is 11.6. The summed E-state index contributed by atoms with van der Waals surface area (Å²) in [4.78, 5) is 3.96. The Hall–Kier alpha value is -1.51. The lowest BCUT2D eigenvalue weighted by atomic mass is 10.0. The summed E-state index contributed by atoms with van der Waals surface area (Å²) in [6.45, 7) is 8.37. The predicted octanol–water partition coefficient (Wildman–Crippen LogP) is 1.58. The smallest absolute Gasteiger partial charge is 0.185 e. The summed E-state index contributed by atoms with van der Waals surface area (Å²) in [5, 5.41) is 0. The highest BCUT2D eigenvalue weighted by Gasteiger charge is 2.03. The van der Waals surface area contributed by atoms with Crippen LogP contribution in [0.25, 0.3) is 0 Å². The van der Waals surface area contributed by atoms with Crippen LogP contribution in [0, 0.1) is 5.92 Å². The van der Waals surface area contributed by atoms with Crippen molar-refractivity contribution < 1.29 is 0 Å². The number of rotatable bonds is 5. The lowest BCUT2D eigenvalue weighted by Crippen LogP contribution is -2.23. The second-order valence-electron chi connectivity index (χ2n) is 3.06. The molecule has 0 aromatic heterocycles. The Morgan fingerprint density at radius 1 is 1.50 bits per heavy atom. The van der Waals surface area contributed by atoms with Gasteiger partial charge in [-0.15, -0.1) is 0 Å². The molecule has 0 aromatic carbocycles. The van der Waals surface area contributed by atoms with E-state index in [4.69, 9.17) is 11.5 Å². The van der Waals surface area contributed by atoms with Crippen LogP contribution in [-0.4, -0.2) is 12.5 Å². The van der Waals surface area contributed by atoms with E-state index in [1.54, 1.807) is 0 Å². The maximum Gasteiger partial charge on any atom is 0.185 e. The zero-order valence-electron chi connectivity index (χ0n) is 8.90. The van der Waals surface area contributed by atoms with Crippen molar-refractivity contribution in [1.29, 1.82) is 0 Å². The van der Waals surface area contributed by atoms with Crippen LogP contribution in [0.1, 0.15) is 13.8 Å². The Morgan fingerprint density at radius 3 is 2.57 bits per heavy atom. The highest BCUT2D eigenvalue weighted by atomic mass is 15.0. The molecule has 0 saturated heterocycles. The van der Waals surface area contributed by atoms with Crippen LogP contribution in [-0.2, 0) is 0 Å². The summed E-state index contributed by atoms with van der Waals surface area (Å²) in [7, 11) is 0. The summed E-state index contributed by atoms with van der Waals surface area (Å²) in [6.07, 6.45) is 7.78. The molecule has 78 valence electrons. The molecule has 0 aliphatic rings. The highest BCUT2D eigenvalue weighted by Crippen LogP contribution is 2.11. The third kappa shape index (κ3) is 5.19. The largest absolute Gasteiger partial charge is 0.370 e. The Balaban J connectivity index is 4.39. The average molecular weight is 193 g/mol. The summed E-state index contributed by atoms with van der Waals surface area (Å²) in [6, 6.07) is 0. The minimum absolute atomic E-state index is 0.131. The monoisotopic (exact) mass is 193 g/mol. The Kier molecular flexibility index (Phi) is 6.20. The van der Waals surface area contributed by atoms with E-state index < -0.39 is 0 Å². The fraction of sp³-hybridized carbons (Fsp3) is 0.364. The van der Waals surface area contributed by atoms with Crippen LogP contribution in [0.5, 0.6) is 0 Å². The first-order valence-electron chi connectivity index (χ1n) is 4.62. The van der Waals surface area contributed by atoms with Gasteiger partial charge >= 0.3 is 0 Å². The number of hydrogen-bond acceptors (Lipinski definition) is 1. The van der Waals surface area contributed by atoms with E-state index in [0.717, 1.165) is 5.57 Å². The summed E-state index contributed by atoms with van der Waals surface area (Å²) in [5.74, 6) is 0.414. The molecule has 0 saturated carbocycles. The standard InChI is InChI=1S/C11H19N3/c1-4-6-7-10(5-2)9(3)8-14-11(12)13/h4-7,9H,2,8H2,1,3H3,(H4,12,13,14)/b6-4-,10-7+/t9-/m0/s1. The van der Waals surface area contributed by atoms with Crippen LogP contribution in [0.15, 0.2) is 41.4 Å². The number of hydrogen-bond donors (Lipinski definition) is 2. The topological polar surface area (TPSA) is 64.4 Å². The second-order valence-corrected chi connectivity index (χ2v) is 3.06. The number of nitrogens with two attached hydrogens (primary N) is 2. The van der Waals surface area contributed by atoms with E-state index in [-0.39, 0.29) is 11.9 Å². The van der Waals surface area contributed by atoms with E-state index in [2.05, 4.69) is 18.5 Å². The van der Waals surface area contributed by atoms with E-state index in [1.165, 1.54) is 0 Å². The van der Waals surface area contributed by atoms with Crippen molar-refractivity contribution in [2.24, 2.45) is 22.4 Å². The van der Waals surface area contributed by atoms with Crippen molar-refractivity contribution in [2.75, 3.05) is 6.54 Å². The number of allylic oxidation sites excluding steroid dienone is 4. The molecule has 0 heterocycles. The molecule has 14 heavy (non-hydrogen) atoms. The number of nitrogens with zero attached hydrogens (tertiary/aromatic N) is 1. The quantitative estimate of drug-likeness (QED) is 0.395. The van der Waals surface area contributed by atoms with E-state index >= 15 is 0 Å². The van der Waals surface area contributed by atoms with Gasteiger partial charge in [0.1, 0.15) is 0 Å². The fourth-order valence-corrected chi connectivity index (χ4v) is 0.989. The fourth-order valence-electron chi connectivity index (χ4n) is 0.989. The minimum Gasteiger partial charge on any atom is -0.370 e. The number of aliphatic imine (C=N–C) groups is 1. The molecule has 0 fully saturated rings. The third-order valence-electron chi connectivity index (χ3n) is 1.83. The molecule has 4 N–H and O–H groups in total. The van der Waals surface area contributed by atoms with Gasteiger partial charge in [0.2, 0.25) is 0 Å². The van der Waals surface area contributed by atoms with Crippen LogP contribution < -0.4 is 11.5 Å². The third-order valence-corrected chi connectivity index (χ3v) is 1.83. The highest BCUT2D eigenvalue weighted by molar-refractivity contribution is 5.75. The van der Waals surface area contributed by atoms with Crippen molar-refractivity contribution in [2.45, 2.75) is 13.8 Å². The maximum atomic E-state index is 5.25. The molecule has 0 amide bonds. The van der Waals surface area contributed by atoms with Crippen LogP contribution >= 0.6 is 0 Å². The van der Waals surface area contributed by atoms with Gasteiger partial charge in [-0.1, -0.05) is 37.8 Å². The Labute approximate surface area is 85.9 Å². The molecular formula is C11H19N3. The van der Waals surface area contributed by atoms with Crippen molar-refractivity contribution in [1.82, 2.24) is 0 Å². The van der Waals surface area contributed by atoms with Crippen molar-refractivity contribution in [3.8, 4) is 0 Å². The molecule has 0 radical (unpaired) electrons. The molecular weight excluding hydrogens is 174 g/mol. The minimum atomic E-state index is 0.131. The first kappa shape index (κ1) is 12.5. The average Bonchev–Trinajstić information content (AvgIpc) is 2.16. The van der Waals surface area contributed by atoms with Gasteiger partial charge in [-0.25, -0.2) is 0 Å². The zero-order chi connectivity index (χ0) is 11.0. The predicted molar refractivity (Wildman–Crippen MR) is 62.9 cm³/mol. The second kappa shape index (κ2) is 6.95. The van der Waals surface area contributed by atoms with Crippen LogP contribution in [0.4, 0.5) is 0 Å². The lowest BCUT2D eigenvalue weighted by Gasteiger charge is -2.09. The van der Waals surface area contributed by atoms with Crippen molar-refractivity contribution in [3.05, 3.63) is 36.5 Å². The number of guanidine groups is 1. The molecule has 0 rings (SSSR count). The maximum absolute atomic E-state index is 5.25. The molecule has 3 nitrogen and oxygen atoms in total. The molecule has 0 aliphatic carbocycles. The van der Waals surface area contributed by atoms with E-state index in [1.807, 2.05) is 31.2 Å². The van der Waals surface area contributed by atoms with Gasteiger partial charge in [0.15, 0.2) is 5.96 Å². The molecule has 0 aromatic rings. The molecule has 0 bridgehead atoms. The molecule has 0 unspecified atom stereocenters. The van der Waals surface area contributed by atoms with E-state index in [9.17, 15) is 0 Å². The lowest BCUT2D eigenvalue weighted by molar-refractivity contribution is 0.710. The molecule has 0 spiro atoms. The van der Waals surface area contributed by atoms with E-state index in [0.29, 0.717) is 6.54 Å². The van der Waals surface area contributed by atoms with Crippen LogP contribution in [0.2, 0.25) is 0 Å². The molecule has 3 heteroatoms.